The molecule has 2 rings (SSSR count). The van der Waals surface area contributed by atoms with Crippen LogP contribution in [0.15, 0.2) is 11.1 Å². The number of hydrogen-bond acceptors (Lipinski definition) is 6. The average molecular weight is 241 g/mol. The third-order valence-corrected chi connectivity index (χ3v) is 1.31. The maximum atomic E-state index is 11.0. The number of fused-ring (bicyclic) bond motifs is 1. The molecule has 0 unspecified atom stereocenters. The number of nitrogen functional groups attached to an aromatic ring is 1. The fraction of sp³-hybridized carbons (Fsp3) is 0. The van der Waals surface area contributed by atoms with Gasteiger partial charge >= 0.3 is 6.03 Å². The van der Waals surface area contributed by atoms with Crippen molar-refractivity contribution in [1.82, 2.24) is 19.9 Å². The van der Waals surface area contributed by atoms with E-state index in [2.05, 4.69) is 31.4 Å². The molecule has 17 heavy (non-hydrogen) atoms. The molecule has 0 atom stereocenters. The normalized spacial score (nSPS) is 8.47. The second-order valence-corrected chi connectivity index (χ2v) is 2.45. The summed E-state index contributed by atoms with van der Waals surface area (Å²) in [5, 5.41) is 0. The van der Waals surface area contributed by atoms with Crippen molar-refractivity contribution in [2.75, 3.05) is 5.73 Å². The molecule has 0 bridgehead atoms. The number of nitrogens with two attached hydrogens (primary N) is 3. The van der Waals surface area contributed by atoms with Gasteiger partial charge in [0, 0.05) is 0 Å². The number of rotatable bonds is 0. The van der Waals surface area contributed by atoms with Crippen molar-refractivity contribution >= 4 is 29.9 Å². The molecule has 0 aromatic carbocycles. The Balaban J connectivity index is 0.000000368. The number of urea groups is 1. The van der Waals surface area contributed by atoms with Crippen molar-refractivity contribution in [1.29, 1.82) is 0 Å². The van der Waals surface area contributed by atoms with Gasteiger partial charge in [0.25, 0.3) is 5.56 Å². The van der Waals surface area contributed by atoms with Gasteiger partial charge in [-0.25, -0.2) is 9.78 Å². The number of amides is 2. The van der Waals surface area contributed by atoms with Crippen LogP contribution >= 0.6 is 0 Å². The van der Waals surface area contributed by atoms with Gasteiger partial charge in [-0.05, 0) is 0 Å². The Labute approximate surface area is 94.2 Å². The molecule has 0 aliphatic rings. The van der Waals surface area contributed by atoms with Crippen LogP contribution in [0.2, 0.25) is 0 Å². The van der Waals surface area contributed by atoms with Crippen molar-refractivity contribution < 1.29 is 9.59 Å². The highest BCUT2D eigenvalue weighted by Gasteiger charge is 2.01. The number of aromatic amines is 2. The van der Waals surface area contributed by atoms with Crippen LogP contribution in [0, 0.1) is 0 Å². The van der Waals surface area contributed by atoms with E-state index in [0.29, 0.717) is 11.2 Å². The van der Waals surface area contributed by atoms with E-state index in [-0.39, 0.29) is 11.5 Å². The van der Waals surface area contributed by atoms with Gasteiger partial charge in [-0.1, -0.05) is 0 Å². The van der Waals surface area contributed by atoms with Crippen LogP contribution in [0.4, 0.5) is 10.7 Å². The Morgan fingerprint density at radius 1 is 1.35 bits per heavy atom. The summed E-state index contributed by atoms with van der Waals surface area (Å²) >= 11 is 0. The van der Waals surface area contributed by atoms with Gasteiger partial charge in [-0.2, -0.15) is 4.98 Å². The molecule has 2 amide bonds. The number of anilines is 1. The zero-order valence-electron chi connectivity index (χ0n) is 8.64. The predicted octanol–water partition coefficient (Wildman–Crippen LogP) is -1.93. The molecular formula is C7H11N7O3. The molecule has 2 aromatic rings. The summed E-state index contributed by atoms with van der Waals surface area (Å²) in [4.78, 5) is 40.5. The Morgan fingerprint density at radius 3 is 2.41 bits per heavy atom. The zero-order valence-corrected chi connectivity index (χ0v) is 8.64. The van der Waals surface area contributed by atoms with Crippen LogP contribution in [-0.4, -0.2) is 32.8 Å². The molecule has 8 N–H and O–H groups in total. The van der Waals surface area contributed by atoms with Gasteiger partial charge in [-0.15, -0.1) is 0 Å². The largest absolute Gasteiger partial charge is 0.369 e. The number of H-pyrrole nitrogens is 2. The van der Waals surface area contributed by atoms with Crippen molar-refractivity contribution in [3.63, 3.8) is 0 Å². The quantitative estimate of drug-likeness (QED) is 0.357. The lowest BCUT2D eigenvalue weighted by molar-refractivity contribution is -0.0979. The molecule has 2 heterocycles. The molecule has 0 radical (unpaired) electrons. The fourth-order valence-electron chi connectivity index (χ4n) is 0.860. The van der Waals surface area contributed by atoms with E-state index in [1.165, 1.54) is 6.33 Å². The van der Waals surface area contributed by atoms with Crippen LogP contribution in [-0.2, 0) is 4.79 Å². The fourth-order valence-corrected chi connectivity index (χ4v) is 0.860. The van der Waals surface area contributed by atoms with Crippen molar-refractivity contribution in [2.24, 2.45) is 11.5 Å². The minimum Gasteiger partial charge on any atom is -0.369 e. The van der Waals surface area contributed by atoms with Crippen molar-refractivity contribution in [2.45, 2.75) is 0 Å². The smallest absolute Gasteiger partial charge is 0.309 e. The summed E-state index contributed by atoms with van der Waals surface area (Å²) in [6.07, 6.45) is 1.40. The first kappa shape index (κ1) is 14.1. The van der Waals surface area contributed by atoms with Gasteiger partial charge in [0.05, 0.1) is 6.33 Å². The minimum absolute atomic E-state index is 0.0783. The standard InChI is InChI=1S/C5H5N5O.CH4N2O.CH2O/c6-5-9-3-2(4(11)10-5)7-1-8-3;2-1(3)4;1-2/h1H,(H4,6,7,8,9,10,11);(H4,2,3,4);1H2. The van der Waals surface area contributed by atoms with E-state index in [0.717, 1.165) is 0 Å². The molecular weight excluding hydrogens is 230 g/mol. The van der Waals surface area contributed by atoms with E-state index < -0.39 is 6.03 Å². The van der Waals surface area contributed by atoms with Crippen LogP contribution in [0.5, 0.6) is 0 Å². The van der Waals surface area contributed by atoms with Crippen molar-refractivity contribution in [3.8, 4) is 0 Å². The number of imidazole rings is 1. The highest BCUT2D eigenvalue weighted by molar-refractivity contribution is 5.69. The Bertz CT molecular complexity index is 542. The monoisotopic (exact) mass is 241 g/mol. The lowest BCUT2D eigenvalue weighted by Gasteiger charge is -1.89. The first-order valence-corrected chi connectivity index (χ1v) is 4.03. The number of primary amides is 2. The summed E-state index contributed by atoms with van der Waals surface area (Å²) in [6, 6.07) is -0.833. The molecule has 0 saturated carbocycles. The number of nitrogens with one attached hydrogen (secondary N) is 2. The molecule has 0 saturated heterocycles. The number of carbonyl (C=O) groups excluding carboxylic acids is 2. The molecule has 2 aromatic heterocycles. The molecule has 0 aliphatic carbocycles. The summed E-state index contributed by atoms with van der Waals surface area (Å²) in [7, 11) is 0. The van der Waals surface area contributed by atoms with Crippen LogP contribution in [0.3, 0.4) is 0 Å². The Kier molecular flexibility index (Phi) is 5.43. The summed E-state index contributed by atoms with van der Waals surface area (Å²) < 4.78 is 0. The predicted molar refractivity (Wildman–Crippen MR) is 59.8 cm³/mol. The summed E-state index contributed by atoms with van der Waals surface area (Å²) in [6.45, 7) is 2.00. The first-order valence-electron chi connectivity index (χ1n) is 4.03. The number of hydrogen-bond donors (Lipinski definition) is 5. The highest BCUT2D eigenvalue weighted by Crippen LogP contribution is 1.98. The van der Waals surface area contributed by atoms with Crippen LogP contribution < -0.4 is 22.8 Å². The SMILES string of the molecule is C=O.NC(N)=O.Nc1nc2nc[nH]c2c(=O)[nH]1. The maximum absolute atomic E-state index is 11.0. The van der Waals surface area contributed by atoms with Gasteiger partial charge in [0.1, 0.15) is 6.79 Å². The molecule has 0 aliphatic heterocycles. The molecule has 10 nitrogen and oxygen atoms in total. The molecule has 92 valence electrons. The Hall–Kier alpha value is -2.91. The number of aromatic nitrogens is 4. The number of nitrogens with zero attached hydrogens (tertiary/aromatic N) is 2. The highest BCUT2D eigenvalue weighted by atomic mass is 16.2. The van der Waals surface area contributed by atoms with Crippen LogP contribution in [0.1, 0.15) is 0 Å². The third kappa shape index (κ3) is 4.42. The second kappa shape index (κ2) is 6.55. The average Bonchev–Trinajstić information content (AvgIpc) is 2.68. The maximum Gasteiger partial charge on any atom is 0.309 e. The van der Waals surface area contributed by atoms with E-state index >= 15 is 0 Å². The lowest BCUT2D eigenvalue weighted by Crippen LogP contribution is -2.18. The van der Waals surface area contributed by atoms with Gasteiger partial charge in [0.2, 0.25) is 5.95 Å². The molecule has 0 spiro atoms. The summed E-state index contributed by atoms with van der Waals surface area (Å²) in [5.74, 6) is 0.0783. The summed E-state index contributed by atoms with van der Waals surface area (Å²) in [5.41, 5.74) is 14.1. The van der Waals surface area contributed by atoms with E-state index in [1.807, 2.05) is 6.79 Å². The zero-order chi connectivity index (χ0) is 13.4. The van der Waals surface area contributed by atoms with E-state index in [4.69, 9.17) is 15.3 Å². The Morgan fingerprint density at radius 2 is 1.88 bits per heavy atom. The third-order valence-electron chi connectivity index (χ3n) is 1.31. The molecule has 0 fully saturated rings. The van der Waals surface area contributed by atoms with E-state index in [9.17, 15) is 4.79 Å². The van der Waals surface area contributed by atoms with E-state index in [1.54, 1.807) is 0 Å². The van der Waals surface area contributed by atoms with Gasteiger partial charge < -0.3 is 27.0 Å². The second-order valence-electron chi connectivity index (χ2n) is 2.45. The first-order chi connectivity index (χ1) is 8.00. The van der Waals surface area contributed by atoms with Gasteiger partial charge in [0.15, 0.2) is 11.2 Å². The van der Waals surface area contributed by atoms with Crippen LogP contribution in [0.25, 0.3) is 11.2 Å². The van der Waals surface area contributed by atoms with Crippen molar-refractivity contribution in [3.05, 3.63) is 16.7 Å². The topological polar surface area (TPSA) is 187 Å². The minimum atomic E-state index is -0.833. The molecule has 10 heteroatoms. The van der Waals surface area contributed by atoms with Gasteiger partial charge in [-0.3, -0.25) is 9.78 Å². The lowest BCUT2D eigenvalue weighted by atomic mass is 10.5. The number of carbonyl (C=O) groups is 2.